The second-order valence-electron chi connectivity index (χ2n) is 10.3. The molecular weight excluding hydrogens is 513 g/mol. The first-order valence-electron chi connectivity index (χ1n) is 12.1. The summed E-state index contributed by atoms with van der Waals surface area (Å²) in [5.41, 5.74) is -0.211. The highest BCUT2D eigenvalue weighted by Gasteiger charge is 2.37. The number of rotatable bonds is 10. The minimum atomic E-state index is -0.987. The standard InChI is InChI=1S/C25H38F2N4O3.2ClH/c1-16(2)15-31(18-10-17(13-28-14-18)25(3,4)33)24(32)23-29-21-11-19(26)20(27)12-22(21)30(23)8-6-7-9-34-5;;/h11-12,16-18,28,33H,6-10,13-15H2,1-5H3;2*1H/t17?,18-;;/m0../s1. The molecule has 2 aromatic rings. The van der Waals surface area contributed by atoms with Gasteiger partial charge in [-0.05, 0) is 39.0 Å². The topological polar surface area (TPSA) is 79.6 Å². The summed E-state index contributed by atoms with van der Waals surface area (Å²) >= 11 is 0. The van der Waals surface area contributed by atoms with Crippen LogP contribution in [0.5, 0.6) is 0 Å². The fourth-order valence-electron chi connectivity index (χ4n) is 4.64. The number of piperidine rings is 1. The number of benzene rings is 1. The van der Waals surface area contributed by atoms with Gasteiger partial charge < -0.3 is 24.6 Å². The molecule has 1 amide bonds. The number of fused-ring (bicyclic) bond motifs is 1. The molecule has 36 heavy (non-hydrogen) atoms. The zero-order chi connectivity index (χ0) is 25.0. The van der Waals surface area contributed by atoms with E-state index in [4.69, 9.17) is 4.74 Å². The van der Waals surface area contributed by atoms with Crippen LogP contribution in [0, 0.1) is 23.5 Å². The number of methoxy groups -OCH3 is 1. The Balaban J connectivity index is 0.00000324. The van der Waals surface area contributed by atoms with Crippen LogP contribution in [0.15, 0.2) is 12.1 Å². The molecule has 7 nitrogen and oxygen atoms in total. The van der Waals surface area contributed by atoms with E-state index in [1.54, 1.807) is 25.5 Å². The minimum Gasteiger partial charge on any atom is -0.390 e. The lowest BCUT2D eigenvalue weighted by Crippen LogP contribution is -2.55. The van der Waals surface area contributed by atoms with Crippen molar-refractivity contribution >= 4 is 41.8 Å². The molecule has 206 valence electrons. The maximum atomic E-state index is 14.1. The van der Waals surface area contributed by atoms with E-state index in [0.717, 1.165) is 18.6 Å². The highest BCUT2D eigenvalue weighted by Crippen LogP contribution is 2.28. The monoisotopic (exact) mass is 552 g/mol. The van der Waals surface area contributed by atoms with Gasteiger partial charge in [0.25, 0.3) is 5.91 Å². The molecule has 3 rings (SSSR count). The lowest BCUT2D eigenvalue weighted by molar-refractivity contribution is -0.0113. The molecule has 0 bridgehead atoms. The number of hydrogen-bond acceptors (Lipinski definition) is 5. The number of aryl methyl sites for hydroxylation is 1. The SMILES string of the molecule is COCCCCn1c(C(=O)N(CC(C)C)[C@@H]2CNCC(C(C)(C)O)C2)nc2cc(F)c(F)cc21.Cl.Cl. The summed E-state index contributed by atoms with van der Waals surface area (Å²) in [6, 6.07) is 2.03. The number of ether oxygens (including phenoxy) is 1. The number of aromatic nitrogens is 2. The van der Waals surface area contributed by atoms with Gasteiger partial charge in [-0.25, -0.2) is 13.8 Å². The summed E-state index contributed by atoms with van der Waals surface area (Å²) < 4.78 is 34.9. The zero-order valence-electron chi connectivity index (χ0n) is 21.7. The van der Waals surface area contributed by atoms with Crippen molar-refractivity contribution in [3.63, 3.8) is 0 Å². The molecule has 1 unspecified atom stereocenters. The van der Waals surface area contributed by atoms with E-state index < -0.39 is 17.2 Å². The Morgan fingerprint density at radius 3 is 2.53 bits per heavy atom. The number of halogens is 4. The van der Waals surface area contributed by atoms with E-state index >= 15 is 0 Å². The average molecular weight is 554 g/mol. The number of carbonyl (C=O) groups excluding carboxylic acids is 1. The summed E-state index contributed by atoms with van der Waals surface area (Å²) in [4.78, 5) is 20.2. The van der Waals surface area contributed by atoms with Gasteiger partial charge in [-0.1, -0.05) is 13.8 Å². The fraction of sp³-hybridized carbons (Fsp3) is 0.680. The van der Waals surface area contributed by atoms with Crippen molar-refractivity contribution in [1.29, 1.82) is 0 Å². The molecule has 1 aromatic heterocycles. The number of amides is 1. The highest BCUT2D eigenvalue weighted by atomic mass is 35.5. The van der Waals surface area contributed by atoms with Crippen LogP contribution in [0.2, 0.25) is 0 Å². The van der Waals surface area contributed by atoms with Gasteiger partial charge in [0.2, 0.25) is 0 Å². The Morgan fingerprint density at radius 1 is 1.25 bits per heavy atom. The molecule has 1 aromatic carbocycles. The molecule has 2 atom stereocenters. The molecule has 0 spiro atoms. The molecule has 2 heterocycles. The Bertz CT molecular complexity index is 998. The normalized spacial score (nSPS) is 18.1. The maximum absolute atomic E-state index is 14.1. The predicted octanol–water partition coefficient (Wildman–Crippen LogP) is 4.43. The van der Waals surface area contributed by atoms with Crippen LogP contribution in [-0.4, -0.2) is 70.5 Å². The van der Waals surface area contributed by atoms with E-state index in [2.05, 4.69) is 10.3 Å². The number of imidazole rings is 1. The van der Waals surface area contributed by atoms with Gasteiger partial charge in [0.05, 0.1) is 16.6 Å². The third-order valence-corrected chi connectivity index (χ3v) is 6.55. The van der Waals surface area contributed by atoms with Crippen molar-refractivity contribution in [2.45, 2.75) is 65.1 Å². The van der Waals surface area contributed by atoms with Crippen LogP contribution in [0.4, 0.5) is 8.78 Å². The van der Waals surface area contributed by atoms with E-state index in [9.17, 15) is 18.7 Å². The van der Waals surface area contributed by atoms with Crippen molar-refractivity contribution in [3.05, 3.63) is 29.6 Å². The summed E-state index contributed by atoms with van der Waals surface area (Å²) in [5, 5.41) is 13.9. The summed E-state index contributed by atoms with van der Waals surface area (Å²) in [6.07, 6.45) is 2.13. The second kappa shape index (κ2) is 13.9. The zero-order valence-corrected chi connectivity index (χ0v) is 23.4. The van der Waals surface area contributed by atoms with E-state index in [1.807, 2.05) is 18.7 Å². The quantitative estimate of drug-likeness (QED) is 0.426. The molecule has 1 saturated heterocycles. The Labute approximate surface area is 224 Å². The van der Waals surface area contributed by atoms with E-state index in [1.165, 1.54) is 0 Å². The first-order valence-corrected chi connectivity index (χ1v) is 12.1. The van der Waals surface area contributed by atoms with Gasteiger partial charge >= 0.3 is 0 Å². The van der Waals surface area contributed by atoms with Gasteiger partial charge in [-0.15, -0.1) is 24.8 Å². The van der Waals surface area contributed by atoms with Crippen LogP contribution in [0.1, 0.15) is 57.6 Å². The largest absolute Gasteiger partial charge is 0.390 e. The van der Waals surface area contributed by atoms with Crippen LogP contribution in [0.25, 0.3) is 11.0 Å². The highest BCUT2D eigenvalue weighted by molar-refractivity contribution is 5.95. The number of nitrogens with zero attached hydrogens (tertiary/aromatic N) is 3. The number of hydrogen-bond donors (Lipinski definition) is 2. The lowest BCUT2D eigenvalue weighted by atomic mass is 9.82. The number of nitrogens with one attached hydrogen (secondary N) is 1. The van der Waals surface area contributed by atoms with Crippen LogP contribution in [-0.2, 0) is 11.3 Å². The summed E-state index contributed by atoms with van der Waals surface area (Å²) in [5.74, 6) is -1.83. The molecule has 1 aliphatic rings. The molecule has 1 fully saturated rings. The smallest absolute Gasteiger partial charge is 0.290 e. The summed E-state index contributed by atoms with van der Waals surface area (Å²) in [6.45, 7) is 10.5. The van der Waals surface area contributed by atoms with Crippen molar-refractivity contribution < 1.29 is 23.4 Å². The Kier molecular flexibility index (Phi) is 12.5. The summed E-state index contributed by atoms with van der Waals surface area (Å²) in [7, 11) is 1.63. The number of aliphatic hydroxyl groups is 1. The van der Waals surface area contributed by atoms with E-state index in [-0.39, 0.29) is 59.9 Å². The maximum Gasteiger partial charge on any atom is 0.290 e. The molecule has 2 N–H and O–H groups in total. The Morgan fingerprint density at radius 2 is 1.92 bits per heavy atom. The Hall–Kier alpha value is -1.52. The molecule has 11 heteroatoms. The lowest BCUT2D eigenvalue weighted by Gasteiger charge is -2.42. The first-order chi connectivity index (χ1) is 16.0. The average Bonchev–Trinajstić information content (AvgIpc) is 3.11. The fourth-order valence-corrected chi connectivity index (χ4v) is 4.64. The third-order valence-electron chi connectivity index (χ3n) is 6.55. The molecule has 0 radical (unpaired) electrons. The number of unbranched alkanes of at least 4 members (excludes halogenated alkanes) is 1. The van der Waals surface area contributed by atoms with Crippen LogP contribution < -0.4 is 5.32 Å². The molecule has 1 aliphatic heterocycles. The minimum absolute atomic E-state index is 0. The first kappa shape index (κ1) is 32.5. The number of carbonyl (C=O) groups is 1. The van der Waals surface area contributed by atoms with Gasteiger partial charge in [-0.3, -0.25) is 4.79 Å². The van der Waals surface area contributed by atoms with Crippen molar-refractivity contribution in [3.8, 4) is 0 Å². The van der Waals surface area contributed by atoms with Gasteiger partial charge in [0, 0.05) is 64.0 Å². The van der Waals surface area contributed by atoms with Gasteiger partial charge in [-0.2, -0.15) is 0 Å². The molecular formula is C25H40Cl2F2N4O3. The predicted molar refractivity (Wildman–Crippen MR) is 142 cm³/mol. The van der Waals surface area contributed by atoms with Crippen molar-refractivity contribution in [2.24, 2.45) is 11.8 Å². The van der Waals surface area contributed by atoms with Crippen molar-refractivity contribution in [2.75, 3.05) is 33.4 Å². The van der Waals surface area contributed by atoms with Gasteiger partial charge in [0.15, 0.2) is 17.5 Å². The molecule has 0 aliphatic carbocycles. The van der Waals surface area contributed by atoms with Gasteiger partial charge in [0.1, 0.15) is 0 Å². The van der Waals surface area contributed by atoms with E-state index in [0.29, 0.717) is 51.1 Å². The van der Waals surface area contributed by atoms with Crippen LogP contribution >= 0.6 is 24.8 Å². The van der Waals surface area contributed by atoms with Crippen LogP contribution in [0.3, 0.4) is 0 Å². The second-order valence-corrected chi connectivity index (χ2v) is 10.3. The van der Waals surface area contributed by atoms with Crippen molar-refractivity contribution in [1.82, 2.24) is 19.8 Å². The third kappa shape index (κ3) is 7.74. The molecule has 0 saturated carbocycles.